The first-order valence-electron chi connectivity index (χ1n) is 5.07. The van der Waals surface area contributed by atoms with E-state index < -0.39 is 0 Å². The topological polar surface area (TPSA) is 51.5 Å². The van der Waals surface area contributed by atoms with Crippen molar-refractivity contribution in [2.75, 3.05) is 0 Å². The molecular weight excluding hydrogens is 176 g/mol. The second kappa shape index (κ2) is 5.47. The van der Waals surface area contributed by atoms with Crippen molar-refractivity contribution in [2.24, 2.45) is 10.7 Å². The molecule has 0 fully saturated rings. The summed E-state index contributed by atoms with van der Waals surface area (Å²) in [5.41, 5.74) is 5.73. The molecule has 1 aromatic rings. The van der Waals surface area contributed by atoms with Gasteiger partial charge in [-0.3, -0.25) is 4.99 Å². The van der Waals surface area contributed by atoms with Crippen LogP contribution in [0, 0.1) is 0 Å². The van der Waals surface area contributed by atoms with Gasteiger partial charge in [0.25, 0.3) is 0 Å². The van der Waals surface area contributed by atoms with Crippen LogP contribution in [-0.2, 0) is 6.42 Å². The van der Waals surface area contributed by atoms with Gasteiger partial charge >= 0.3 is 0 Å². The van der Waals surface area contributed by atoms with Crippen LogP contribution >= 0.6 is 0 Å². The standard InChI is InChI=1S/C11H18N2O/c1-3-5-11(12)13-9(2)8-10-6-4-7-14-10/h4,6-7,9H,3,5,8H2,1-2H3,(H2,12,13). The highest BCUT2D eigenvalue weighted by atomic mass is 16.3. The summed E-state index contributed by atoms with van der Waals surface area (Å²) >= 11 is 0. The van der Waals surface area contributed by atoms with Gasteiger partial charge < -0.3 is 10.2 Å². The van der Waals surface area contributed by atoms with Crippen molar-refractivity contribution in [3.8, 4) is 0 Å². The largest absolute Gasteiger partial charge is 0.469 e. The highest BCUT2D eigenvalue weighted by molar-refractivity contribution is 5.80. The Bertz CT molecular complexity index is 277. The molecule has 0 aliphatic heterocycles. The Morgan fingerprint density at radius 3 is 3.00 bits per heavy atom. The van der Waals surface area contributed by atoms with E-state index in [4.69, 9.17) is 10.2 Å². The fraction of sp³-hybridized carbons (Fsp3) is 0.545. The number of hydrogen-bond acceptors (Lipinski definition) is 2. The van der Waals surface area contributed by atoms with E-state index in [1.807, 2.05) is 19.1 Å². The van der Waals surface area contributed by atoms with Crippen LogP contribution < -0.4 is 5.73 Å². The average molecular weight is 194 g/mol. The number of hydrogen-bond donors (Lipinski definition) is 1. The molecule has 3 heteroatoms. The fourth-order valence-electron chi connectivity index (χ4n) is 1.37. The van der Waals surface area contributed by atoms with Crippen molar-refractivity contribution < 1.29 is 4.42 Å². The first-order valence-corrected chi connectivity index (χ1v) is 5.07. The van der Waals surface area contributed by atoms with Gasteiger partial charge in [-0.05, 0) is 25.5 Å². The molecule has 14 heavy (non-hydrogen) atoms. The quantitative estimate of drug-likeness (QED) is 0.578. The zero-order chi connectivity index (χ0) is 10.4. The molecule has 0 bridgehead atoms. The van der Waals surface area contributed by atoms with Crippen LogP contribution in [0.2, 0.25) is 0 Å². The SMILES string of the molecule is CCCC(N)=NC(C)Cc1ccco1. The first kappa shape index (κ1) is 10.8. The normalized spacial score (nSPS) is 14.3. The van der Waals surface area contributed by atoms with Crippen LogP contribution in [-0.4, -0.2) is 11.9 Å². The summed E-state index contributed by atoms with van der Waals surface area (Å²) < 4.78 is 5.24. The maximum Gasteiger partial charge on any atom is 0.105 e. The minimum absolute atomic E-state index is 0.202. The molecule has 0 saturated carbocycles. The van der Waals surface area contributed by atoms with Gasteiger partial charge in [0.05, 0.1) is 18.1 Å². The van der Waals surface area contributed by atoms with E-state index in [1.54, 1.807) is 6.26 Å². The van der Waals surface area contributed by atoms with E-state index in [0.717, 1.165) is 30.9 Å². The Balaban J connectivity index is 2.42. The van der Waals surface area contributed by atoms with Gasteiger partial charge in [0.15, 0.2) is 0 Å². The van der Waals surface area contributed by atoms with Crippen LogP contribution in [0.15, 0.2) is 27.8 Å². The number of furan rings is 1. The highest BCUT2D eigenvalue weighted by Gasteiger charge is 2.04. The van der Waals surface area contributed by atoms with Gasteiger partial charge in [-0.25, -0.2) is 0 Å². The molecule has 0 radical (unpaired) electrons. The Hall–Kier alpha value is -1.25. The maximum atomic E-state index is 5.73. The van der Waals surface area contributed by atoms with Crippen molar-refractivity contribution in [3.63, 3.8) is 0 Å². The van der Waals surface area contributed by atoms with E-state index in [9.17, 15) is 0 Å². The van der Waals surface area contributed by atoms with Gasteiger partial charge in [0, 0.05) is 12.8 Å². The summed E-state index contributed by atoms with van der Waals surface area (Å²) in [6, 6.07) is 4.05. The molecule has 1 heterocycles. The average Bonchev–Trinajstić information content (AvgIpc) is 2.56. The van der Waals surface area contributed by atoms with Gasteiger partial charge in [-0.1, -0.05) is 6.92 Å². The lowest BCUT2D eigenvalue weighted by molar-refractivity contribution is 0.492. The lowest BCUT2D eigenvalue weighted by Gasteiger charge is -2.05. The summed E-state index contributed by atoms with van der Waals surface area (Å²) in [6.45, 7) is 4.14. The molecule has 0 aromatic carbocycles. The van der Waals surface area contributed by atoms with Crippen molar-refractivity contribution in [3.05, 3.63) is 24.2 Å². The second-order valence-corrected chi connectivity index (χ2v) is 3.50. The van der Waals surface area contributed by atoms with Crippen molar-refractivity contribution >= 4 is 5.84 Å². The Morgan fingerprint density at radius 2 is 2.43 bits per heavy atom. The third-order valence-corrected chi connectivity index (χ3v) is 1.97. The molecule has 0 saturated heterocycles. The zero-order valence-corrected chi connectivity index (χ0v) is 8.86. The minimum atomic E-state index is 0.202. The molecular formula is C11H18N2O. The molecule has 0 aliphatic rings. The summed E-state index contributed by atoms with van der Waals surface area (Å²) in [5.74, 6) is 1.71. The molecule has 2 N–H and O–H groups in total. The van der Waals surface area contributed by atoms with Crippen LogP contribution in [0.5, 0.6) is 0 Å². The lowest BCUT2D eigenvalue weighted by Crippen LogP contribution is -2.15. The highest BCUT2D eigenvalue weighted by Crippen LogP contribution is 2.06. The summed E-state index contributed by atoms with van der Waals surface area (Å²) in [5, 5.41) is 0. The van der Waals surface area contributed by atoms with Gasteiger partial charge in [-0.15, -0.1) is 0 Å². The number of amidine groups is 1. The Kier molecular flexibility index (Phi) is 4.23. The van der Waals surface area contributed by atoms with Crippen LogP contribution in [0.4, 0.5) is 0 Å². The molecule has 3 nitrogen and oxygen atoms in total. The second-order valence-electron chi connectivity index (χ2n) is 3.50. The van der Waals surface area contributed by atoms with Crippen molar-refractivity contribution in [1.29, 1.82) is 0 Å². The summed E-state index contributed by atoms with van der Waals surface area (Å²) in [4.78, 5) is 4.38. The number of aliphatic imine (C=N–C) groups is 1. The van der Waals surface area contributed by atoms with Crippen LogP contribution in [0.1, 0.15) is 32.4 Å². The molecule has 1 unspecified atom stereocenters. The summed E-state index contributed by atoms with van der Waals surface area (Å²) in [6.07, 6.45) is 4.42. The number of nitrogens with two attached hydrogens (primary N) is 1. The molecule has 1 rings (SSSR count). The monoisotopic (exact) mass is 194 g/mol. The smallest absolute Gasteiger partial charge is 0.105 e. The predicted octanol–water partition coefficient (Wildman–Crippen LogP) is 2.37. The molecule has 1 atom stereocenters. The third-order valence-electron chi connectivity index (χ3n) is 1.97. The maximum absolute atomic E-state index is 5.73. The molecule has 1 aromatic heterocycles. The van der Waals surface area contributed by atoms with Crippen LogP contribution in [0.25, 0.3) is 0 Å². The fourth-order valence-corrected chi connectivity index (χ4v) is 1.37. The molecule has 78 valence electrons. The van der Waals surface area contributed by atoms with E-state index in [0.29, 0.717) is 0 Å². The number of rotatable bonds is 5. The Labute approximate surface area is 85.0 Å². The van der Waals surface area contributed by atoms with E-state index >= 15 is 0 Å². The molecule has 0 spiro atoms. The van der Waals surface area contributed by atoms with Gasteiger partial charge in [0.2, 0.25) is 0 Å². The van der Waals surface area contributed by atoms with Crippen molar-refractivity contribution in [1.82, 2.24) is 0 Å². The Morgan fingerprint density at radius 1 is 1.64 bits per heavy atom. The molecule has 0 aliphatic carbocycles. The third kappa shape index (κ3) is 3.64. The van der Waals surface area contributed by atoms with E-state index in [2.05, 4.69) is 11.9 Å². The predicted molar refractivity (Wildman–Crippen MR) is 58.4 cm³/mol. The summed E-state index contributed by atoms with van der Waals surface area (Å²) in [7, 11) is 0. The van der Waals surface area contributed by atoms with Gasteiger partial charge in [-0.2, -0.15) is 0 Å². The van der Waals surface area contributed by atoms with Crippen LogP contribution in [0.3, 0.4) is 0 Å². The first-order chi connectivity index (χ1) is 6.72. The zero-order valence-electron chi connectivity index (χ0n) is 8.86. The number of nitrogens with zero attached hydrogens (tertiary/aromatic N) is 1. The van der Waals surface area contributed by atoms with E-state index in [1.165, 1.54) is 0 Å². The minimum Gasteiger partial charge on any atom is -0.469 e. The molecule has 0 amide bonds. The van der Waals surface area contributed by atoms with Gasteiger partial charge in [0.1, 0.15) is 5.76 Å². The van der Waals surface area contributed by atoms with Crippen molar-refractivity contribution in [2.45, 2.75) is 39.2 Å². The van der Waals surface area contributed by atoms with E-state index in [-0.39, 0.29) is 6.04 Å². The lowest BCUT2D eigenvalue weighted by atomic mass is 10.2.